The first-order valence-corrected chi connectivity index (χ1v) is 11.4. The maximum Gasteiger partial charge on any atom is 0.192 e. The van der Waals surface area contributed by atoms with Crippen LogP contribution in [0.4, 0.5) is 0 Å². The maximum atomic E-state index is 10.7. The minimum absolute atomic E-state index is 0.0453. The van der Waals surface area contributed by atoms with E-state index in [4.69, 9.17) is 13.9 Å². The topological polar surface area (TPSA) is 47.9 Å². The van der Waals surface area contributed by atoms with Gasteiger partial charge in [0.2, 0.25) is 0 Å². The van der Waals surface area contributed by atoms with Crippen LogP contribution in [0.2, 0.25) is 18.1 Å². The summed E-state index contributed by atoms with van der Waals surface area (Å²) in [7, 11) is -1.88. The average molecular weight is 329 g/mol. The molecule has 4 nitrogen and oxygen atoms in total. The number of allylic oxidation sites excluding steroid dienone is 1. The normalized spacial score (nSPS) is 28.7. The van der Waals surface area contributed by atoms with Crippen LogP contribution in [0.1, 0.15) is 46.5 Å². The number of ether oxygens (including phenoxy) is 2. The summed E-state index contributed by atoms with van der Waals surface area (Å²) >= 11 is 0. The molecule has 3 atom stereocenters. The van der Waals surface area contributed by atoms with Crippen molar-refractivity contribution < 1.29 is 19.0 Å². The van der Waals surface area contributed by atoms with Crippen LogP contribution in [0.3, 0.4) is 0 Å². The van der Waals surface area contributed by atoms with Crippen molar-refractivity contribution in [2.45, 2.75) is 82.9 Å². The van der Waals surface area contributed by atoms with Gasteiger partial charge in [0.15, 0.2) is 8.32 Å². The highest BCUT2D eigenvalue weighted by atomic mass is 28.4. The molecule has 0 aromatic carbocycles. The van der Waals surface area contributed by atoms with Gasteiger partial charge in [0.1, 0.15) is 18.0 Å². The van der Waals surface area contributed by atoms with E-state index in [1.54, 1.807) is 0 Å². The molecule has 0 amide bonds. The molecule has 1 N–H and O–H groups in total. The van der Waals surface area contributed by atoms with Crippen LogP contribution >= 0.6 is 0 Å². The first-order valence-electron chi connectivity index (χ1n) is 8.53. The smallest absolute Gasteiger partial charge is 0.192 e. The minimum atomic E-state index is -1.88. The summed E-state index contributed by atoms with van der Waals surface area (Å²) in [5.74, 6) is 0.669. The van der Waals surface area contributed by atoms with E-state index in [9.17, 15) is 5.11 Å². The van der Waals surface area contributed by atoms with Crippen LogP contribution in [0.25, 0.3) is 0 Å². The summed E-state index contributed by atoms with van der Waals surface area (Å²) in [6, 6.07) is 0. The molecule has 0 unspecified atom stereocenters. The van der Waals surface area contributed by atoms with Crippen LogP contribution in [-0.2, 0) is 13.9 Å². The molecule has 2 rings (SSSR count). The molecule has 1 fully saturated rings. The minimum Gasteiger partial charge on any atom is -0.495 e. The number of aliphatic hydroxyl groups excluding tert-OH is 1. The van der Waals surface area contributed by atoms with E-state index in [-0.39, 0.29) is 17.2 Å². The van der Waals surface area contributed by atoms with Crippen molar-refractivity contribution in [3.63, 3.8) is 0 Å². The Morgan fingerprint density at radius 2 is 2.00 bits per heavy atom. The Hall–Kier alpha value is -0.363. The molecule has 0 radical (unpaired) electrons. The summed E-state index contributed by atoms with van der Waals surface area (Å²) in [6.07, 6.45) is 4.84. The summed E-state index contributed by atoms with van der Waals surface area (Å²) in [6.45, 7) is 12.6. The Balaban J connectivity index is 2.09. The second kappa shape index (κ2) is 7.03. The van der Waals surface area contributed by atoms with Crippen molar-refractivity contribution in [3.8, 4) is 0 Å². The van der Waals surface area contributed by atoms with Gasteiger partial charge in [0.05, 0.1) is 12.7 Å². The standard InChI is InChI=1S/C17H32O4Si/c1-17(2,3)22(4,5)21-14-10-8-12-20-16(14)15(18)13-9-6-7-11-19-13/h9,14-16,18H,6-8,10-12H2,1-5H3/t14-,15-,16-/m0/s1. The SMILES string of the molecule is CC(C)(C)[Si](C)(C)O[C@H]1CCCO[C@@H]1[C@@H](O)C1=CCCCO1. The maximum absolute atomic E-state index is 10.7. The molecule has 0 bridgehead atoms. The summed E-state index contributed by atoms with van der Waals surface area (Å²) in [5.41, 5.74) is 0. The molecular formula is C17H32O4Si. The van der Waals surface area contributed by atoms with E-state index in [1.807, 2.05) is 6.08 Å². The van der Waals surface area contributed by atoms with Gasteiger partial charge >= 0.3 is 0 Å². The van der Waals surface area contributed by atoms with Crippen molar-refractivity contribution in [1.82, 2.24) is 0 Å². The highest BCUT2D eigenvalue weighted by molar-refractivity contribution is 6.74. The molecule has 1 saturated heterocycles. The third kappa shape index (κ3) is 4.13. The van der Waals surface area contributed by atoms with Crippen molar-refractivity contribution in [2.75, 3.05) is 13.2 Å². The fourth-order valence-electron chi connectivity index (χ4n) is 2.70. The largest absolute Gasteiger partial charge is 0.495 e. The number of rotatable bonds is 4. The van der Waals surface area contributed by atoms with Crippen molar-refractivity contribution in [3.05, 3.63) is 11.8 Å². The van der Waals surface area contributed by atoms with Crippen molar-refractivity contribution in [1.29, 1.82) is 0 Å². The van der Waals surface area contributed by atoms with Gasteiger partial charge in [0, 0.05) is 6.61 Å². The average Bonchev–Trinajstić information content (AvgIpc) is 2.46. The molecule has 0 aromatic heterocycles. The molecule has 2 heterocycles. The monoisotopic (exact) mass is 328 g/mol. The zero-order valence-electron chi connectivity index (χ0n) is 14.7. The van der Waals surface area contributed by atoms with Gasteiger partial charge in [-0.1, -0.05) is 20.8 Å². The Labute approximate surface area is 136 Å². The predicted octanol–water partition coefficient (Wildman–Crippen LogP) is 3.61. The molecular weight excluding hydrogens is 296 g/mol. The predicted molar refractivity (Wildman–Crippen MR) is 90.3 cm³/mol. The van der Waals surface area contributed by atoms with E-state index < -0.39 is 14.4 Å². The van der Waals surface area contributed by atoms with Crippen LogP contribution in [-0.4, -0.2) is 44.9 Å². The number of hydrogen-bond donors (Lipinski definition) is 1. The molecule has 0 saturated carbocycles. The van der Waals surface area contributed by atoms with Crippen LogP contribution < -0.4 is 0 Å². The van der Waals surface area contributed by atoms with E-state index in [0.29, 0.717) is 19.0 Å². The molecule has 128 valence electrons. The van der Waals surface area contributed by atoms with Gasteiger partial charge in [0.25, 0.3) is 0 Å². The zero-order valence-corrected chi connectivity index (χ0v) is 15.7. The molecule has 0 aliphatic carbocycles. The van der Waals surface area contributed by atoms with Gasteiger partial charge < -0.3 is 19.0 Å². The fraction of sp³-hybridized carbons (Fsp3) is 0.882. The lowest BCUT2D eigenvalue weighted by Crippen LogP contribution is -2.52. The lowest BCUT2D eigenvalue weighted by molar-refractivity contribution is -0.123. The number of aliphatic hydroxyl groups is 1. The molecule has 2 aliphatic heterocycles. The van der Waals surface area contributed by atoms with Gasteiger partial charge in [-0.3, -0.25) is 0 Å². The van der Waals surface area contributed by atoms with Gasteiger partial charge in [-0.15, -0.1) is 0 Å². The van der Waals surface area contributed by atoms with Crippen LogP contribution in [0.5, 0.6) is 0 Å². The lowest BCUT2D eigenvalue weighted by Gasteiger charge is -2.44. The molecule has 0 spiro atoms. The highest BCUT2D eigenvalue weighted by Gasteiger charge is 2.44. The second-order valence-corrected chi connectivity index (χ2v) is 12.7. The Morgan fingerprint density at radius 1 is 1.27 bits per heavy atom. The Kier molecular flexibility index (Phi) is 5.75. The summed E-state index contributed by atoms with van der Waals surface area (Å²) in [4.78, 5) is 0. The van der Waals surface area contributed by atoms with Gasteiger partial charge in [-0.2, -0.15) is 0 Å². The first-order chi connectivity index (χ1) is 10.2. The Bertz CT molecular complexity index is 400. The fourth-order valence-corrected chi connectivity index (χ4v) is 4.06. The molecule has 5 heteroatoms. The van der Waals surface area contributed by atoms with Crippen molar-refractivity contribution in [2.24, 2.45) is 0 Å². The molecule has 0 aromatic rings. The molecule has 22 heavy (non-hydrogen) atoms. The van der Waals surface area contributed by atoms with E-state index >= 15 is 0 Å². The van der Waals surface area contributed by atoms with E-state index in [1.165, 1.54) is 0 Å². The summed E-state index contributed by atoms with van der Waals surface area (Å²) < 4.78 is 18.1. The zero-order chi connectivity index (χ0) is 16.4. The van der Waals surface area contributed by atoms with Gasteiger partial charge in [-0.25, -0.2) is 0 Å². The quantitative estimate of drug-likeness (QED) is 0.801. The van der Waals surface area contributed by atoms with Crippen LogP contribution in [0.15, 0.2) is 11.8 Å². The van der Waals surface area contributed by atoms with E-state index in [0.717, 1.165) is 25.7 Å². The molecule has 2 aliphatic rings. The lowest BCUT2D eigenvalue weighted by atomic mass is 9.98. The summed E-state index contributed by atoms with van der Waals surface area (Å²) in [5, 5.41) is 10.8. The second-order valence-electron chi connectivity index (χ2n) is 7.94. The van der Waals surface area contributed by atoms with Gasteiger partial charge in [-0.05, 0) is 49.9 Å². The highest BCUT2D eigenvalue weighted by Crippen LogP contribution is 2.39. The van der Waals surface area contributed by atoms with E-state index in [2.05, 4.69) is 33.9 Å². The Morgan fingerprint density at radius 3 is 2.59 bits per heavy atom. The van der Waals surface area contributed by atoms with Crippen molar-refractivity contribution >= 4 is 8.32 Å². The third-order valence-electron chi connectivity index (χ3n) is 5.13. The number of hydrogen-bond acceptors (Lipinski definition) is 4. The first kappa shape index (κ1) is 18.0. The van der Waals surface area contributed by atoms with Crippen LogP contribution in [0, 0.1) is 0 Å². The third-order valence-corrected chi connectivity index (χ3v) is 9.63.